The molecule has 1 N–H and O–H groups in total. The van der Waals surface area contributed by atoms with Crippen LogP contribution < -0.4 is 5.32 Å². The third-order valence-corrected chi connectivity index (χ3v) is 4.38. The highest BCUT2D eigenvalue weighted by molar-refractivity contribution is 7.12. The number of nitrogens with zero attached hydrogens (tertiary/aromatic N) is 1. The summed E-state index contributed by atoms with van der Waals surface area (Å²) in [4.78, 5) is 37.1. The van der Waals surface area contributed by atoms with Crippen molar-refractivity contribution < 1.29 is 19.1 Å². The summed E-state index contributed by atoms with van der Waals surface area (Å²) in [5.74, 6) is -1.31. The Morgan fingerprint density at radius 1 is 1.12 bits per heavy atom. The van der Waals surface area contributed by atoms with Crippen LogP contribution in [-0.4, -0.2) is 49.9 Å². The monoisotopic (exact) mass is 360 g/mol. The average molecular weight is 360 g/mol. The van der Waals surface area contributed by atoms with Crippen LogP contribution in [0.1, 0.15) is 15.2 Å². The Bertz CT molecular complexity index is 766. The molecule has 0 unspecified atom stereocenters. The zero-order chi connectivity index (χ0) is 18.4. The number of thiophene rings is 1. The molecule has 132 valence electrons. The van der Waals surface area contributed by atoms with Gasteiger partial charge in [-0.25, -0.2) is 4.79 Å². The molecule has 0 atom stereocenters. The number of hydrogen-bond donors (Lipinski definition) is 1. The van der Waals surface area contributed by atoms with Crippen molar-refractivity contribution in [1.29, 1.82) is 0 Å². The third kappa shape index (κ3) is 5.15. The number of nitrogens with one attached hydrogen (secondary N) is 1. The van der Waals surface area contributed by atoms with Crippen LogP contribution in [0.5, 0.6) is 0 Å². The van der Waals surface area contributed by atoms with Gasteiger partial charge >= 0.3 is 5.97 Å². The minimum absolute atomic E-state index is 0.128. The van der Waals surface area contributed by atoms with Gasteiger partial charge in [-0.2, -0.15) is 0 Å². The van der Waals surface area contributed by atoms with Crippen molar-refractivity contribution in [2.45, 2.75) is 6.92 Å². The Kier molecular flexibility index (Phi) is 6.30. The van der Waals surface area contributed by atoms with Crippen LogP contribution in [-0.2, 0) is 14.3 Å². The van der Waals surface area contributed by atoms with E-state index in [0.717, 1.165) is 16.7 Å². The van der Waals surface area contributed by atoms with Crippen molar-refractivity contribution in [2.75, 3.05) is 27.2 Å². The second kappa shape index (κ2) is 8.43. The highest BCUT2D eigenvalue weighted by Gasteiger charge is 2.17. The zero-order valence-corrected chi connectivity index (χ0v) is 15.2. The molecule has 6 nitrogen and oxygen atoms in total. The molecule has 0 saturated carbocycles. The number of carbonyl (C=O) groups excluding carboxylic acids is 3. The molecule has 1 heterocycles. The minimum atomic E-state index is -0.556. The molecule has 2 amide bonds. The highest BCUT2D eigenvalue weighted by atomic mass is 32.1. The molecule has 25 heavy (non-hydrogen) atoms. The van der Waals surface area contributed by atoms with Crippen LogP contribution in [0.4, 0.5) is 0 Å². The molecular formula is C18H20N2O4S. The Morgan fingerprint density at radius 2 is 1.80 bits per heavy atom. The van der Waals surface area contributed by atoms with Crippen molar-refractivity contribution in [3.63, 3.8) is 0 Å². The maximum absolute atomic E-state index is 12.3. The fraction of sp³-hybridized carbons (Fsp3) is 0.278. The first-order valence-electron chi connectivity index (χ1n) is 7.67. The van der Waals surface area contributed by atoms with Gasteiger partial charge < -0.3 is 15.0 Å². The van der Waals surface area contributed by atoms with Crippen LogP contribution in [0.2, 0.25) is 0 Å². The van der Waals surface area contributed by atoms with Crippen LogP contribution >= 0.6 is 11.3 Å². The second-order valence-electron chi connectivity index (χ2n) is 5.67. The number of esters is 1. The molecule has 2 aromatic rings. The van der Waals surface area contributed by atoms with Crippen molar-refractivity contribution >= 4 is 29.1 Å². The smallest absolute Gasteiger partial charge is 0.349 e. The lowest BCUT2D eigenvalue weighted by molar-refractivity contribution is -0.131. The number of likely N-dealkylation sites (N-methyl/N-ethyl adjacent to an activating group) is 1. The second-order valence-corrected chi connectivity index (χ2v) is 6.59. The normalized spacial score (nSPS) is 10.2. The summed E-state index contributed by atoms with van der Waals surface area (Å²) in [7, 11) is 3.19. The molecule has 7 heteroatoms. The summed E-state index contributed by atoms with van der Waals surface area (Å²) in [6.07, 6.45) is 0. The number of benzene rings is 1. The first kappa shape index (κ1) is 18.7. The first-order valence-corrected chi connectivity index (χ1v) is 8.55. The van der Waals surface area contributed by atoms with E-state index in [1.54, 1.807) is 14.1 Å². The molecule has 0 spiro atoms. The summed E-state index contributed by atoms with van der Waals surface area (Å²) in [5, 5.41) is 4.22. The van der Waals surface area contributed by atoms with Gasteiger partial charge in [0, 0.05) is 19.7 Å². The van der Waals surface area contributed by atoms with Gasteiger partial charge in [-0.15, -0.1) is 11.3 Å². The minimum Gasteiger partial charge on any atom is -0.451 e. The Hall–Kier alpha value is -2.67. The number of hydrogen-bond acceptors (Lipinski definition) is 5. The van der Waals surface area contributed by atoms with Crippen molar-refractivity contribution in [3.8, 4) is 11.1 Å². The molecule has 0 aliphatic heterocycles. The van der Waals surface area contributed by atoms with Crippen molar-refractivity contribution in [3.05, 3.63) is 46.2 Å². The first-order chi connectivity index (χ1) is 11.9. The number of amides is 2. The van der Waals surface area contributed by atoms with Gasteiger partial charge in [0.2, 0.25) is 5.91 Å². The number of carbonyl (C=O) groups is 3. The summed E-state index contributed by atoms with van der Waals surface area (Å²) < 4.78 is 5.06. The van der Waals surface area contributed by atoms with E-state index in [-0.39, 0.29) is 12.5 Å². The highest BCUT2D eigenvalue weighted by Crippen LogP contribution is 2.29. The van der Waals surface area contributed by atoms with Gasteiger partial charge in [0.25, 0.3) is 5.91 Å². The van der Waals surface area contributed by atoms with Crippen molar-refractivity contribution in [2.24, 2.45) is 0 Å². The average Bonchev–Trinajstić information content (AvgIpc) is 3.07. The lowest BCUT2D eigenvalue weighted by atomic mass is 10.1. The van der Waals surface area contributed by atoms with Crippen LogP contribution in [0, 0.1) is 6.92 Å². The van der Waals surface area contributed by atoms with Gasteiger partial charge in [0.1, 0.15) is 4.88 Å². The summed E-state index contributed by atoms with van der Waals surface area (Å²) >= 11 is 1.26. The Labute approximate surface area is 150 Å². The largest absolute Gasteiger partial charge is 0.451 e. The third-order valence-electron chi connectivity index (χ3n) is 3.48. The van der Waals surface area contributed by atoms with E-state index >= 15 is 0 Å². The number of aryl methyl sites for hydroxylation is 1. The fourth-order valence-electron chi connectivity index (χ4n) is 2.01. The number of ether oxygens (including phenoxy) is 1. The van der Waals surface area contributed by atoms with E-state index in [9.17, 15) is 14.4 Å². The van der Waals surface area contributed by atoms with E-state index in [2.05, 4.69) is 5.32 Å². The molecular weight excluding hydrogens is 340 g/mol. The predicted molar refractivity (Wildman–Crippen MR) is 96.5 cm³/mol. The maximum Gasteiger partial charge on any atom is 0.349 e. The van der Waals surface area contributed by atoms with Crippen LogP contribution in [0.3, 0.4) is 0 Å². The van der Waals surface area contributed by atoms with Gasteiger partial charge in [0.05, 0.1) is 6.54 Å². The summed E-state index contributed by atoms with van der Waals surface area (Å²) in [5.41, 5.74) is 2.82. The summed E-state index contributed by atoms with van der Waals surface area (Å²) in [6.45, 7) is 1.44. The molecule has 0 aliphatic rings. The van der Waals surface area contributed by atoms with Crippen LogP contribution in [0.15, 0.2) is 35.7 Å². The van der Waals surface area contributed by atoms with Gasteiger partial charge in [-0.05, 0) is 23.9 Å². The standard InChI is InChI=1S/C18H20N2O4S/c1-12-4-6-13(7-5-12)14-8-9-25-17(14)18(23)24-11-15(21)19-10-16(22)20(2)3/h4-9H,10-11H2,1-3H3,(H,19,21). The lowest BCUT2D eigenvalue weighted by Gasteiger charge is -2.11. The van der Waals surface area contributed by atoms with Crippen molar-refractivity contribution in [1.82, 2.24) is 10.2 Å². The van der Waals surface area contributed by atoms with E-state index in [0.29, 0.717) is 4.88 Å². The molecule has 0 bridgehead atoms. The van der Waals surface area contributed by atoms with E-state index in [1.165, 1.54) is 16.2 Å². The topological polar surface area (TPSA) is 75.7 Å². The maximum atomic E-state index is 12.3. The SMILES string of the molecule is Cc1ccc(-c2ccsc2C(=O)OCC(=O)NCC(=O)N(C)C)cc1. The zero-order valence-electron chi connectivity index (χ0n) is 14.4. The predicted octanol–water partition coefficient (Wildman–Crippen LogP) is 2.08. The molecule has 2 rings (SSSR count). The molecule has 0 aliphatic carbocycles. The lowest BCUT2D eigenvalue weighted by Crippen LogP contribution is -2.38. The Morgan fingerprint density at radius 3 is 2.44 bits per heavy atom. The van der Waals surface area contributed by atoms with E-state index < -0.39 is 18.5 Å². The summed E-state index contributed by atoms with van der Waals surface area (Å²) in [6, 6.07) is 9.66. The van der Waals surface area contributed by atoms with E-state index in [4.69, 9.17) is 4.74 Å². The molecule has 1 aromatic heterocycles. The molecule has 0 radical (unpaired) electrons. The van der Waals surface area contributed by atoms with E-state index in [1.807, 2.05) is 42.6 Å². The molecule has 0 fully saturated rings. The van der Waals surface area contributed by atoms with Gasteiger partial charge in [-0.3, -0.25) is 9.59 Å². The Balaban J connectivity index is 1.94. The quantitative estimate of drug-likeness (QED) is 0.801. The number of rotatable bonds is 6. The fourth-order valence-corrected chi connectivity index (χ4v) is 2.82. The van der Waals surface area contributed by atoms with Crippen LogP contribution in [0.25, 0.3) is 11.1 Å². The van der Waals surface area contributed by atoms with Gasteiger partial charge in [-0.1, -0.05) is 29.8 Å². The molecule has 0 saturated heterocycles. The van der Waals surface area contributed by atoms with Gasteiger partial charge in [0.15, 0.2) is 6.61 Å². The molecule has 1 aromatic carbocycles.